The molecule has 1 heterocycles. The number of hydrogen-bond donors (Lipinski definition) is 2. The lowest BCUT2D eigenvalue weighted by atomic mass is 10.1. The molecule has 0 saturated carbocycles. The quantitative estimate of drug-likeness (QED) is 0.238. The van der Waals surface area contributed by atoms with Gasteiger partial charge >= 0.3 is 18.0 Å². The fraction of sp³-hybridized carbons (Fsp3) is 0.310. The van der Waals surface area contributed by atoms with Crippen molar-refractivity contribution in [1.82, 2.24) is 5.32 Å². The molecule has 1 aromatic heterocycles. The monoisotopic (exact) mass is 552 g/mol. The van der Waals surface area contributed by atoms with Crippen molar-refractivity contribution in [2.75, 3.05) is 18.5 Å². The van der Waals surface area contributed by atoms with E-state index in [-0.39, 0.29) is 31.1 Å². The SMILES string of the molecule is CCOC(=O)c1cc(C(C)C)sc1NC(=O)COC(=O)C(Cc1ccccc1)NC(=O)OCc1ccccc1. The highest BCUT2D eigenvalue weighted by atomic mass is 32.1. The summed E-state index contributed by atoms with van der Waals surface area (Å²) in [7, 11) is 0. The molecule has 9 nitrogen and oxygen atoms in total. The molecule has 206 valence electrons. The molecule has 0 aliphatic rings. The van der Waals surface area contributed by atoms with Gasteiger partial charge in [0, 0.05) is 11.3 Å². The Hall–Kier alpha value is -4.18. The van der Waals surface area contributed by atoms with E-state index in [0.29, 0.717) is 5.00 Å². The van der Waals surface area contributed by atoms with Gasteiger partial charge in [-0.1, -0.05) is 74.5 Å². The van der Waals surface area contributed by atoms with E-state index in [9.17, 15) is 19.2 Å². The molecule has 3 aromatic rings. The van der Waals surface area contributed by atoms with Crippen molar-refractivity contribution in [2.45, 2.75) is 45.8 Å². The molecule has 10 heteroatoms. The van der Waals surface area contributed by atoms with Gasteiger partial charge in [-0.3, -0.25) is 4.79 Å². The summed E-state index contributed by atoms with van der Waals surface area (Å²) in [5.74, 6) is -1.84. The highest BCUT2D eigenvalue weighted by Crippen LogP contribution is 2.33. The van der Waals surface area contributed by atoms with Crippen molar-refractivity contribution in [1.29, 1.82) is 0 Å². The Bertz CT molecular complexity index is 1260. The van der Waals surface area contributed by atoms with Gasteiger partial charge < -0.3 is 24.8 Å². The van der Waals surface area contributed by atoms with Crippen molar-refractivity contribution in [3.8, 4) is 0 Å². The minimum Gasteiger partial charge on any atom is -0.462 e. The maximum absolute atomic E-state index is 12.9. The molecule has 0 aliphatic heterocycles. The summed E-state index contributed by atoms with van der Waals surface area (Å²) >= 11 is 1.26. The van der Waals surface area contributed by atoms with Gasteiger partial charge in [-0.05, 0) is 30.0 Å². The summed E-state index contributed by atoms with van der Waals surface area (Å²) in [5, 5.41) is 5.50. The Morgan fingerprint density at radius 1 is 0.872 bits per heavy atom. The number of alkyl carbamates (subject to hydrolysis) is 1. The second-order valence-corrected chi connectivity index (χ2v) is 9.95. The maximum atomic E-state index is 12.9. The van der Waals surface area contributed by atoms with Crippen LogP contribution in [0.2, 0.25) is 0 Å². The van der Waals surface area contributed by atoms with Gasteiger partial charge in [0.15, 0.2) is 6.61 Å². The number of rotatable bonds is 12. The highest BCUT2D eigenvalue weighted by Gasteiger charge is 2.25. The van der Waals surface area contributed by atoms with E-state index in [0.717, 1.165) is 16.0 Å². The average molecular weight is 553 g/mol. The Morgan fingerprint density at radius 2 is 1.51 bits per heavy atom. The molecule has 2 amide bonds. The smallest absolute Gasteiger partial charge is 0.408 e. The minimum absolute atomic E-state index is 0.0319. The molecule has 0 spiro atoms. The van der Waals surface area contributed by atoms with Crippen molar-refractivity contribution in [3.05, 3.63) is 88.3 Å². The molecule has 3 rings (SSSR count). The zero-order valence-electron chi connectivity index (χ0n) is 22.1. The molecular weight excluding hydrogens is 520 g/mol. The predicted octanol–water partition coefficient (Wildman–Crippen LogP) is 5.07. The number of ether oxygens (including phenoxy) is 3. The molecule has 2 N–H and O–H groups in total. The van der Waals surface area contributed by atoms with Gasteiger partial charge in [-0.25, -0.2) is 14.4 Å². The first-order chi connectivity index (χ1) is 18.8. The Morgan fingerprint density at radius 3 is 2.13 bits per heavy atom. The first-order valence-corrected chi connectivity index (χ1v) is 13.4. The number of esters is 2. The molecule has 2 aromatic carbocycles. The first kappa shape index (κ1) is 29.4. The van der Waals surface area contributed by atoms with E-state index >= 15 is 0 Å². The first-order valence-electron chi connectivity index (χ1n) is 12.5. The second kappa shape index (κ2) is 14.7. The van der Waals surface area contributed by atoms with Crippen LogP contribution in [0.5, 0.6) is 0 Å². The Labute approximate surface area is 231 Å². The maximum Gasteiger partial charge on any atom is 0.408 e. The van der Waals surface area contributed by atoms with Crippen molar-refractivity contribution in [2.24, 2.45) is 0 Å². The zero-order valence-corrected chi connectivity index (χ0v) is 22.9. The molecule has 0 aliphatic carbocycles. The van der Waals surface area contributed by atoms with Crippen LogP contribution in [0, 0.1) is 0 Å². The zero-order chi connectivity index (χ0) is 28.2. The summed E-state index contributed by atoms with van der Waals surface area (Å²) in [6.45, 7) is 5.26. The molecule has 1 atom stereocenters. The molecular formula is C29H32N2O7S. The Balaban J connectivity index is 1.63. The van der Waals surface area contributed by atoms with Gasteiger partial charge in [0.25, 0.3) is 5.91 Å². The third-order valence-electron chi connectivity index (χ3n) is 5.49. The van der Waals surface area contributed by atoms with Crippen LogP contribution in [0.15, 0.2) is 66.7 Å². The van der Waals surface area contributed by atoms with Crippen molar-refractivity contribution >= 4 is 40.3 Å². The van der Waals surface area contributed by atoms with Crippen LogP contribution >= 0.6 is 11.3 Å². The van der Waals surface area contributed by atoms with Crippen LogP contribution in [0.3, 0.4) is 0 Å². The molecule has 0 bridgehead atoms. The third-order valence-corrected chi connectivity index (χ3v) is 6.84. The number of anilines is 1. The molecule has 0 fully saturated rings. The van der Waals surface area contributed by atoms with E-state index < -0.39 is 36.6 Å². The third kappa shape index (κ3) is 9.26. The van der Waals surface area contributed by atoms with Crippen molar-refractivity contribution in [3.63, 3.8) is 0 Å². The fourth-order valence-corrected chi connectivity index (χ4v) is 4.56. The van der Waals surface area contributed by atoms with Gasteiger partial charge in [-0.15, -0.1) is 11.3 Å². The molecule has 0 saturated heterocycles. The summed E-state index contributed by atoms with van der Waals surface area (Å²) in [6.07, 6.45) is -0.655. The van der Waals surface area contributed by atoms with E-state index in [1.807, 2.05) is 74.5 Å². The van der Waals surface area contributed by atoms with Crippen LogP contribution in [0.4, 0.5) is 9.80 Å². The number of carbonyl (C=O) groups excluding carboxylic acids is 4. The summed E-state index contributed by atoms with van der Waals surface area (Å²) in [6, 6.07) is 18.8. The lowest BCUT2D eigenvalue weighted by Gasteiger charge is -2.18. The number of amides is 2. The molecule has 1 unspecified atom stereocenters. The molecule has 39 heavy (non-hydrogen) atoms. The van der Waals surface area contributed by atoms with E-state index in [1.54, 1.807) is 13.0 Å². The van der Waals surface area contributed by atoms with Crippen LogP contribution in [0.25, 0.3) is 0 Å². The van der Waals surface area contributed by atoms with E-state index in [2.05, 4.69) is 10.6 Å². The van der Waals surface area contributed by atoms with Crippen LogP contribution in [-0.4, -0.2) is 43.2 Å². The fourth-order valence-electron chi connectivity index (χ4n) is 3.50. The standard InChI is InChI=1S/C29H32N2O7S/c1-4-36-27(33)22-16-24(19(2)3)39-26(22)31-25(32)18-37-28(34)23(15-20-11-7-5-8-12-20)30-29(35)38-17-21-13-9-6-10-14-21/h5-14,16,19,23H,4,15,17-18H2,1-3H3,(H,30,35)(H,31,32). The molecule has 0 radical (unpaired) electrons. The van der Waals surface area contributed by atoms with Gasteiger partial charge in [-0.2, -0.15) is 0 Å². The minimum atomic E-state index is -1.09. The lowest BCUT2D eigenvalue weighted by Crippen LogP contribution is -2.44. The highest BCUT2D eigenvalue weighted by molar-refractivity contribution is 7.16. The summed E-state index contributed by atoms with van der Waals surface area (Å²) < 4.78 is 15.6. The van der Waals surface area contributed by atoms with E-state index in [1.165, 1.54) is 11.3 Å². The largest absolute Gasteiger partial charge is 0.462 e. The van der Waals surface area contributed by atoms with Gasteiger partial charge in [0.2, 0.25) is 0 Å². The number of carbonyl (C=O) groups is 4. The number of hydrogen-bond acceptors (Lipinski definition) is 8. The average Bonchev–Trinajstić information content (AvgIpc) is 3.36. The summed E-state index contributed by atoms with van der Waals surface area (Å²) in [4.78, 5) is 51.3. The summed E-state index contributed by atoms with van der Waals surface area (Å²) in [5.41, 5.74) is 1.82. The number of benzene rings is 2. The van der Waals surface area contributed by atoms with Gasteiger partial charge in [0.05, 0.1) is 12.2 Å². The van der Waals surface area contributed by atoms with Crippen LogP contribution in [0.1, 0.15) is 53.1 Å². The van der Waals surface area contributed by atoms with Gasteiger partial charge in [0.1, 0.15) is 17.6 Å². The lowest BCUT2D eigenvalue weighted by molar-refractivity contribution is -0.149. The van der Waals surface area contributed by atoms with E-state index in [4.69, 9.17) is 14.2 Å². The number of nitrogens with one attached hydrogen (secondary N) is 2. The van der Waals surface area contributed by atoms with Crippen molar-refractivity contribution < 1.29 is 33.4 Å². The second-order valence-electron chi connectivity index (χ2n) is 8.87. The Kier molecular flexibility index (Phi) is 11.1. The van der Waals surface area contributed by atoms with Crippen LogP contribution < -0.4 is 10.6 Å². The van der Waals surface area contributed by atoms with Crippen LogP contribution in [-0.2, 0) is 36.8 Å². The topological polar surface area (TPSA) is 120 Å². The predicted molar refractivity (Wildman–Crippen MR) is 148 cm³/mol. The number of thiophene rings is 1. The normalized spacial score (nSPS) is 11.4.